The lowest BCUT2D eigenvalue weighted by Gasteiger charge is -2.01. The summed E-state index contributed by atoms with van der Waals surface area (Å²) < 4.78 is 9.68. The number of carbonyl (C=O) groups excluding carboxylic acids is 2. The maximum Gasteiger partial charge on any atom is 0.337 e. The highest BCUT2D eigenvalue weighted by Gasteiger charge is 2.04. The fourth-order valence-corrected chi connectivity index (χ4v) is 1.87. The number of hydrogen-bond acceptors (Lipinski definition) is 4. The van der Waals surface area contributed by atoms with E-state index in [1.807, 2.05) is 0 Å². The molecule has 2 rings (SSSR count). The van der Waals surface area contributed by atoms with Gasteiger partial charge in [-0.2, -0.15) is 0 Å². The van der Waals surface area contributed by atoms with E-state index >= 15 is 0 Å². The molecule has 0 saturated heterocycles. The Morgan fingerprint density at radius 1 is 0.864 bits per heavy atom. The Hall–Kier alpha value is -2.88. The van der Waals surface area contributed by atoms with Crippen molar-refractivity contribution in [1.29, 1.82) is 0 Å². The van der Waals surface area contributed by atoms with Gasteiger partial charge in [0, 0.05) is 5.56 Å². The third-order valence-corrected chi connectivity index (χ3v) is 3.13. The Morgan fingerprint density at radius 2 is 1.45 bits per heavy atom. The SMILES string of the molecule is COC(=O)c1ccc(C=CC(=O)c2ccc(OC)cc2)cc1. The molecule has 0 aromatic heterocycles. The fraction of sp³-hybridized carbons (Fsp3) is 0.111. The summed E-state index contributed by atoms with van der Waals surface area (Å²) in [4.78, 5) is 23.4. The second kappa shape index (κ2) is 7.22. The largest absolute Gasteiger partial charge is 0.497 e. The summed E-state index contributed by atoms with van der Waals surface area (Å²) in [6, 6.07) is 13.7. The first-order chi connectivity index (χ1) is 10.6. The van der Waals surface area contributed by atoms with Crippen molar-refractivity contribution in [3.63, 3.8) is 0 Å². The lowest BCUT2D eigenvalue weighted by Crippen LogP contribution is -2.00. The predicted molar refractivity (Wildman–Crippen MR) is 84.1 cm³/mol. The van der Waals surface area contributed by atoms with Crippen molar-refractivity contribution >= 4 is 17.8 Å². The number of carbonyl (C=O) groups is 2. The van der Waals surface area contributed by atoms with Gasteiger partial charge >= 0.3 is 5.97 Å². The van der Waals surface area contributed by atoms with Gasteiger partial charge in [-0.05, 0) is 48.0 Å². The van der Waals surface area contributed by atoms with Crippen LogP contribution in [0.15, 0.2) is 54.6 Å². The molecule has 0 atom stereocenters. The van der Waals surface area contributed by atoms with Crippen LogP contribution in [0.25, 0.3) is 6.08 Å². The number of ketones is 1. The lowest BCUT2D eigenvalue weighted by atomic mass is 10.1. The Balaban J connectivity index is 2.07. The molecule has 22 heavy (non-hydrogen) atoms. The molecule has 4 nitrogen and oxygen atoms in total. The van der Waals surface area contributed by atoms with E-state index in [1.54, 1.807) is 61.7 Å². The third kappa shape index (κ3) is 3.82. The maximum absolute atomic E-state index is 12.0. The van der Waals surface area contributed by atoms with Gasteiger partial charge in [0.05, 0.1) is 19.8 Å². The molecular weight excluding hydrogens is 280 g/mol. The normalized spacial score (nSPS) is 10.5. The minimum Gasteiger partial charge on any atom is -0.497 e. The van der Waals surface area contributed by atoms with Crippen molar-refractivity contribution in [2.24, 2.45) is 0 Å². The van der Waals surface area contributed by atoms with Crippen molar-refractivity contribution in [3.8, 4) is 5.75 Å². The van der Waals surface area contributed by atoms with Crippen LogP contribution in [0.5, 0.6) is 5.75 Å². The zero-order valence-corrected chi connectivity index (χ0v) is 12.4. The monoisotopic (exact) mass is 296 g/mol. The van der Waals surface area contributed by atoms with Crippen LogP contribution in [0.2, 0.25) is 0 Å². The van der Waals surface area contributed by atoms with E-state index in [-0.39, 0.29) is 11.8 Å². The molecular formula is C18H16O4. The molecule has 0 spiro atoms. The number of benzene rings is 2. The number of esters is 1. The van der Waals surface area contributed by atoms with Gasteiger partial charge in [-0.3, -0.25) is 4.79 Å². The highest BCUT2D eigenvalue weighted by Crippen LogP contribution is 2.13. The van der Waals surface area contributed by atoms with E-state index in [9.17, 15) is 9.59 Å². The smallest absolute Gasteiger partial charge is 0.337 e. The van der Waals surface area contributed by atoms with E-state index in [1.165, 1.54) is 13.2 Å². The van der Waals surface area contributed by atoms with Gasteiger partial charge in [0.1, 0.15) is 5.75 Å². The van der Waals surface area contributed by atoms with Crippen LogP contribution in [0.1, 0.15) is 26.3 Å². The molecule has 0 aliphatic rings. The van der Waals surface area contributed by atoms with Crippen molar-refractivity contribution in [2.45, 2.75) is 0 Å². The van der Waals surface area contributed by atoms with Crippen molar-refractivity contribution in [2.75, 3.05) is 14.2 Å². The zero-order chi connectivity index (χ0) is 15.9. The summed E-state index contributed by atoms with van der Waals surface area (Å²) in [5.41, 5.74) is 1.89. The molecule has 0 fully saturated rings. The van der Waals surface area contributed by atoms with E-state index in [4.69, 9.17) is 4.74 Å². The Morgan fingerprint density at radius 3 is 2.00 bits per heavy atom. The summed E-state index contributed by atoms with van der Waals surface area (Å²) in [6.07, 6.45) is 3.20. The van der Waals surface area contributed by atoms with Gasteiger partial charge in [-0.25, -0.2) is 4.79 Å². The fourth-order valence-electron chi connectivity index (χ4n) is 1.87. The quantitative estimate of drug-likeness (QED) is 0.482. The van der Waals surface area contributed by atoms with Gasteiger partial charge in [0.15, 0.2) is 5.78 Å². The van der Waals surface area contributed by atoms with Crippen LogP contribution < -0.4 is 4.74 Å². The average molecular weight is 296 g/mol. The molecule has 0 radical (unpaired) electrons. The number of allylic oxidation sites excluding steroid dienone is 1. The van der Waals surface area contributed by atoms with E-state index in [0.29, 0.717) is 16.9 Å². The molecule has 0 unspecified atom stereocenters. The first kappa shape index (κ1) is 15.5. The second-order valence-corrected chi connectivity index (χ2v) is 4.54. The zero-order valence-electron chi connectivity index (χ0n) is 12.4. The van der Waals surface area contributed by atoms with Gasteiger partial charge < -0.3 is 9.47 Å². The van der Waals surface area contributed by atoms with Crippen LogP contribution in [0, 0.1) is 0 Å². The number of methoxy groups -OCH3 is 2. The first-order valence-electron chi connectivity index (χ1n) is 6.69. The highest BCUT2D eigenvalue weighted by molar-refractivity contribution is 6.06. The van der Waals surface area contributed by atoms with E-state index < -0.39 is 0 Å². The average Bonchev–Trinajstić information content (AvgIpc) is 2.59. The van der Waals surface area contributed by atoms with Crippen molar-refractivity contribution in [1.82, 2.24) is 0 Å². The minimum atomic E-state index is -0.384. The summed E-state index contributed by atoms with van der Waals surface area (Å²) in [6.45, 7) is 0. The molecule has 4 heteroatoms. The van der Waals surface area contributed by atoms with Crippen LogP contribution in [-0.4, -0.2) is 26.0 Å². The van der Waals surface area contributed by atoms with Crippen LogP contribution >= 0.6 is 0 Å². The standard InChI is InChI=1S/C18H16O4/c1-21-16-10-8-14(9-11-16)17(19)12-5-13-3-6-15(7-4-13)18(20)22-2/h3-12H,1-2H3. The molecule has 0 heterocycles. The van der Waals surface area contributed by atoms with Gasteiger partial charge in [-0.15, -0.1) is 0 Å². The molecule has 0 bridgehead atoms. The molecule has 0 amide bonds. The lowest BCUT2D eigenvalue weighted by molar-refractivity contribution is 0.0600. The van der Waals surface area contributed by atoms with Gasteiger partial charge in [0.2, 0.25) is 0 Å². The van der Waals surface area contributed by atoms with Crippen LogP contribution in [0.3, 0.4) is 0 Å². The summed E-state index contributed by atoms with van der Waals surface area (Å²) in [5, 5.41) is 0. The molecule has 2 aromatic rings. The maximum atomic E-state index is 12.0. The summed E-state index contributed by atoms with van der Waals surface area (Å²) in [5.74, 6) is 0.225. The highest BCUT2D eigenvalue weighted by atomic mass is 16.5. The first-order valence-corrected chi connectivity index (χ1v) is 6.69. The second-order valence-electron chi connectivity index (χ2n) is 4.54. The third-order valence-electron chi connectivity index (χ3n) is 3.13. The summed E-state index contributed by atoms with van der Waals surface area (Å²) in [7, 11) is 2.92. The number of ether oxygens (including phenoxy) is 2. The molecule has 0 N–H and O–H groups in total. The molecule has 112 valence electrons. The molecule has 2 aromatic carbocycles. The molecule has 0 aliphatic carbocycles. The molecule has 0 saturated carbocycles. The van der Waals surface area contributed by atoms with Gasteiger partial charge in [-0.1, -0.05) is 18.2 Å². The number of hydrogen-bond donors (Lipinski definition) is 0. The van der Waals surface area contributed by atoms with E-state index in [2.05, 4.69) is 4.74 Å². The van der Waals surface area contributed by atoms with E-state index in [0.717, 1.165) is 5.56 Å². The van der Waals surface area contributed by atoms with Crippen LogP contribution in [-0.2, 0) is 4.74 Å². The molecule has 0 aliphatic heterocycles. The predicted octanol–water partition coefficient (Wildman–Crippen LogP) is 3.38. The van der Waals surface area contributed by atoms with Crippen molar-refractivity contribution < 1.29 is 19.1 Å². The van der Waals surface area contributed by atoms with Crippen molar-refractivity contribution in [3.05, 3.63) is 71.3 Å². The number of rotatable bonds is 5. The Kier molecular flexibility index (Phi) is 5.09. The Labute approximate surface area is 129 Å². The van der Waals surface area contributed by atoms with Gasteiger partial charge in [0.25, 0.3) is 0 Å². The summed E-state index contributed by atoms with van der Waals surface area (Å²) >= 11 is 0. The van der Waals surface area contributed by atoms with Crippen LogP contribution in [0.4, 0.5) is 0 Å². The minimum absolute atomic E-state index is 0.0975. The topological polar surface area (TPSA) is 52.6 Å². The Bertz CT molecular complexity index is 682.